The Bertz CT molecular complexity index is 839. The van der Waals surface area contributed by atoms with Gasteiger partial charge in [-0.2, -0.15) is 24.4 Å². The molecular formula is C21H32N4O7S2. The van der Waals surface area contributed by atoms with Crippen LogP contribution in [0.15, 0.2) is 24.3 Å². The number of thioether (sulfide) groups is 1. The van der Waals surface area contributed by atoms with E-state index in [0.717, 1.165) is 0 Å². The van der Waals surface area contributed by atoms with Crippen LogP contribution in [0, 0.1) is 0 Å². The number of hydrogen-bond donors (Lipinski definition) is 8. The molecule has 5 unspecified atom stereocenters. The summed E-state index contributed by atoms with van der Waals surface area (Å²) in [7, 11) is 0. The van der Waals surface area contributed by atoms with Crippen molar-refractivity contribution in [3.8, 4) is 5.75 Å². The van der Waals surface area contributed by atoms with Gasteiger partial charge in [-0.05, 0) is 43.0 Å². The zero-order chi connectivity index (χ0) is 25.8. The zero-order valence-corrected chi connectivity index (χ0v) is 20.6. The van der Waals surface area contributed by atoms with E-state index in [9.17, 15) is 34.5 Å². The second-order valence-electron chi connectivity index (χ2n) is 7.63. The number of carboxylic acid groups (broad SMARTS) is 1. The molecule has 0 fully saturated rings. The smallest absolute Gasteiger partial charge is 0.326 e. The monoisotopic (exact) mass is 516 g/mol. The lowest BCUT2D eigenvalue weighted by atomic mass is 10.0. The molecule has 8 N–H and O–H groups in total. The highest BCUT2D eigenvalue weighted by atomic mass is 32.2. The molecule has 1 aromatic rings. The van der Waals surface area contributed by atoms with Crippen LogP contribution in [0.25, 0.3) is 0 Å². The lowest BCUT2D eigenvalue weighted by Gasteiger charge is -2.26. The van der Waals surface area contributed by atoms with E-state index in [-0.39, 0.29) is 24.3 Å². The molecule has 5 atom stereocenters. The summed E-state index contributed by atoms with van der Waals surface area (Å²) in [6.07, 6.45) is 0.653. The highest BCUT2D eigenvalue weighted by Gasteiger charge is 2.32. The predicted molar refractivity (Wildman–Crippen MR) is 132 cm³/mol. The van der Waals surface area contributed by atoms with E-state index in [1.165, 1.54) is 43.0 Å². The molecule has 0 heterocycles. The van der Waals surface area contributed by atoms with Crippen molar-refractivity contribution < 1.29 is 34.5 Å². The molecule has 0 spiro atoms. The van der Waals surface area contributed by atoms with Crippen molar-refractivity contribution in [2.75, 3.05) is 17.8 Å². The number of amides is 3. The van der Waals surface area contributed by atoms with Gasteiger partial charge < -0.3 is 37.0 Å². The number of aliphatic hydroxyl groups is 1. The van der Waals surface area contributed by atoms with Crippen LogP contribution in [0.3, 0.4) is 0 Å². The van der Waals surface area contributed by atoms with Gasteiger partial charge in [0.25, 0.3) is 0 Å². The molecule has 0 aromatic heterocycles. The molecule has 1 aromatic carbocycles. The minimum Gasteiger partial charge on any atom is -0.508 e. The Labute approximate surface area is 207 Å². The standard InChI is InChI=1S/C21H32N4O7S2/c1-11(26)17(25-18(28)14(22)10-33)20(30)23-15(7-8-34-2)19(29)24-16(21(31)32)9-12-3-5-13(27)6-4-12/h3-6,11,14-17,26-27,33H,7-10,22H2,1-2H3,(H,23,30)(H,24,29)(H,25,28)(H,31,32). The number of nitrogens with two attached hydrogens (primary N) is 1. The minimum absolute atomic E-state index is 0.0228. The number of nitrogens with one attached hydrogen (secondary N) is 3. The van der Waals surface area contributed by atoms with E-state index >= 15 is 0 Å². The van der Waals surface area contributed by atoms with Crippen LogP contribution in [0.4, 0.5) is 0 Å². The van der Waals surface area contributed by atoms with Crippen molar-refractivity contribution in [3.63, 3.8) is 0 Å². The quantitative estimate of drug-likeness (QED) is 0.141. The van der Waals surface area contributed by atoms with Crippen LogP contribution in [0.2, 0.25) is 0 Å². The number of carboxylic acids is 1. The van der Waals surface area contributed by atoms with Gasteiger partial charge in [-0.1, -0.05) is 12.1 Å². The predicted octanol–water partition coefficient (Wildman–Crippen LogP) is -1.14. The zero-order valence-electron chi connectivity index (χ0n) is 18.9. The molecule has 0 aliphatic carbocycles. The molecule has 190 valence electrons. The number of carbonyl (C=O) groups is 4. The van der Waals surface area contributed by atoms with Gasteiger partial charge in [0.1, 0.15) is 23.9 Å². The molecule has 34 heavy (non-hydrogen) atoms. The number of phenols is 1. The number of aliphatic carboxylic acids is 1. The number of carbonyl (C=O) groups excluding carboxylic acids is 3. The lowest BCUT2D eigenvalue weighted by molar-refractivity contribution is -0.142. The average molecular weight is 517 g/mol. The number of hydrogen-bond acceptors (Lipinski definition) is 9. The van der Waals surface area contributed by atoms with Crippen molar-refractivity contribution in [2.45, 2.75) is 50.0 Å². The van der Waals surface area contributed by atoms with Gasteiger partial charge in [-0.25, -0.2) is 4.79 Å². The summed E-state index contributed by atoms with van der Waals surface area (Å²) >= 11 is 5.35. The fourth-order valence-corrected chi connectivity index (χ4v) is 3.49. The van der Waals surface area contributed by atoms with Crippen LogP contribution >= 0.6 is 24.4 Å². The largest absolute Gasteiger partial charge is 0.508 e. The summed E-state index contributed by atoms with van der Waals surface area (Å²) in [5.41, 5.74) is 6.17. The molecule has 0 bridgehead atoms. The van der Waals surface area contributed by atoms with Crippen molar-refractivity contribution in [1.29, 1.82) is 0 Å². The second kappa shape index (κ2) is 14.7. The Balaban J connectivity index is 2.96. The topological polar surface area (TPSA) is 191 Å². The summed E-state index contributed by atoms with van der Waals surface area (Å²) in [5.74, 6) is -2.99. The number of phenolic OH excluding ortho intramolecular Hbond substituents is 1. The number of thiol groups is 1. The lowest BCUT2D eigenvalue weighted by Crippen LogP contribution is -2.60. The van der Waals surface area contributed by atoms with Gasteiger partial charge in [0, 0.05) is 12.2 Å². The molecular weight excluding hydrogens is 484 g/mol. The third-order valence-electron chi connectivity index (χ3n) is 4.83. The first-order valence-electron chi connectivity index (χ1n) is 10.4. The maximum Gasteiger partial charge on any atom is 0.326 e. The third-order valence-corrected chi connectivity index (χ3v) is 5.87. The van der Waals surface area contributed by atoms with Gasteiger partial charge >= 0.3 is 5.97 Å². The molecule has 0 aliphatic heterocycles. The summed E-state index contributed by atoms with van der Waals surface area (Å²) in [5, 5.41) is 36.2. The van der Waals surface area contributed by atoms with Crippen LogP contribution in [0.1, 0.15) is 18.9 Å². The first kappa shape index (κ1) is 29.6. The van der Waals surface area contributed by atoms with Crippen LogP contribution in [-0.2, 0) is 25.6 Å². The Kier molecular flexibility index (Phi) is 12.8. The molecule has 0 saturated carbocycles. The van der Waals surface area contributed by atoms with Crippen molar-refractivity contribution in [3.05, 3.63) is 29.8 Å². The minimum atomic E-state index is -1.38. The van der Waals surface area contributed by atoms with E-state index in [1.807, 2.05) is 0 Å². The summed E-state index contributed by atoms with van der Waals surface area (Å²) in [4.78, 5) is 49.5. The average Bonchev–Trinajstić information content (AvgIpc) is 2.79. The highest BCUT2D eigenvalue weighted by Crippen LogP contribution is 2.12. The molecule has 0 saturated heterocycles. The van der Waals surface area contributed by atoms with E-state index in [4.69, 9.17) is 5.73 Å². The molecule has 0 radical (unpaired) electrons. The highest BCUT2D eigenvalue weighted by molar-refractivity contribution is 7.98. The van der Waals surface area contributed by atoms with Gasteiger partial charge in [0.05, 0.1) is 12.1 Å². The number of rotatable bonds is 14. The van der Waals surface area contributed by atoms with Gasteiger partial charge in [-0.15, -0.1) is 0 Å². The fraction of sp³-hybridized carbons (Fsp3) is 0.524. The SMILES string of the molecule is CSCCC(NC(=O)C(NC(=O)C(N)CS)C(C)O)C(=O)NC(Cc1ccc(O)cc1)C(=O)O. The summed E-state index contributed by atoms with van der Waals surface area (Å²) < 4.78 is 0. The maximum atomic E-state index is 12.9. The summed E-state index contributed by atoms with van der Waals surface area (Å²) in [6, 6.07) is 1.11. The fourth-order valence-electron chi connectivity index (χ4n) is 2.85. The van der Waals surface area contributed by atoms with Crippen molar-refractivity contribution >= 4 is 48.1 Å². The number of benzene rings is 1. The van der Waals surface area contributed by atoms with E-state index in [2.05, 4.69) is 28.6 Å². The first-order chi connectivity index (χ1) is 16.0. The summed E-state index contributed by atoms with van der Waals surface area (Å²) in [6.45, 7) is 1.30. The van der Waals surface area contributed by atoms with Crippen LogP contribution in [0.5, 0.6) is 5.75 Å². The van der Waals surface area contributed by atoms with E-state index in [1.54, 1.807) is 6.26 Å². The molecule has 13 heteroatoms. The Morgan fingerprint density at radius 3 is 2.12 bits per heavy atom. The van der Waals surface area contributed by atoms with Gasteiger partial charge in [0.15, 0.2) is 0 Å². The van der Waals surface area contributed by atoms with Crippen molar-refractivity contribution in [1.82, 2.24) is 16.0 Å². The molecule has 11 nitrogen and oxygen atoms in total. The van der Waals surface area contributed by atoms with E-state index < -0.39 is 54.0 Å². The Morgan fingerprint density at radius 1 is 1.03 bits per heavy atom. The first-order valence-corrected chi connectivity index (χ1v) is 12.5. The normalized spacial score (nSPS) is 15.3. The Morgan fingerprint density at radius 2 is 1.62 bits per heavy atom. The van der Waals surface area contributed by atoms with Gasteiger partial charge in [0.2, 0.25) is 17.7 Å². The molecule has 1 rings (SSSR count). The maximum absolute atomic E-state index is 12.9. The number of aromatic hydroxyl groups is 1. The van der Waals surface area contributed by atoms with Crippen molar-refractivity contribution in [2.24, 2.45) is 5.73 Å². The molecule has 3 amide bonds. The van der Waals surface area contributed by atoms with E-state index in [0.29, 0.717) is 11.3 Å². The van der Waals surface area contributed by atoms with Crippen LogP contribution < -0.4 is 21.7 Å². The number of aliphatic hydroxyl groups excluding tert-OH is 1. The molecule has 0 aliphatic rings. The van der Waals surface area contributed by atoms with Crippen LogP contribution in [-0.4, -0.2) is 87.0 Å². The van der Waals surface area contributed by atoms with Gasteiger partial charge in [-0.3, -0.25) is 14.4 Å². The second-order valence-corrected chi connectivity index (χ2v) is 8.98. The Hall–Kier alpha value is -2.48. The third kappa shape index (κ3) is 9.79.